The Kier molecular flexibility index (Phi) is 4.39. The first-order valence-electron chi connectivity index (χ1n) is 5.70. The minimum Gasteiger partial charge on any atom is -0.376 e. The Bertz CT molecular complexity index is 392. The second kappa shape index (κ2) is 6.02. The number of hydrogen-bond acceptors (Lipinski definition) is 4. The average molecular weight is 252 g/mol. The van der Waals surface area contributed by atoms with Crippen molar-refractivity contribution in [3.05, 3.63) is 23.9 Å². The molecule has 1 N–H and O–H groups in total. The fraction of sp³-hybridized carbons (Fsp3) is 0.500. The lowest BCUT2D eigenvalue weighted by Crippen LogP contribution is -2.32. The van der Waals surface area contributed by atoms with Gasteiger partial charge in [0.2, 0.25) is 0 Å². The number of rotatable bonds is 4. The van der Waals surface area contributed by atoms with E-state index in [-0.39, 0.29) is 12.0 Å². The molecule has 1 atom stereocenters. The van der Waals surface area contributed by atoms with Crippen LogP contribution in [0, 0.1) is 0 Å². The Morgan fingerprint density at radius 1 is 1.71 bits per heavy atom. The number of amides is 1. The minimum absolute atomic E-state index is 0.0713. The van der Waals surface area contributed by atoms with Crippen LogP contribution in [0.2, 0.25) is 0 Å². The van der Waals surface area contributed by atoms with Gasteiger partial charge in [-0.1, -0.05) is 0 Å². The molecule has 1 amide bonds. The lowest BCUT2D eigenvalue weighted by Gasteiger charge is -2.11. The summed E-state index contributed by atoms with van der Waals surface area (Å²) in [6, 6.07) is 3.57. The van der Waals surface area contributed by atoms with Crippen molar-refractivity contribution < 1.29 is 9.53 Å². The predicted molar refractivity (Wildman–Crippen MR) is 67.3 cm³/mol. The standard InChI is InChI=1S/C12H16N2O2S/c1-17-12-10(5-2-6-13-12)11(15)14-8-9-4-3-7-16-9/h2,5-6,9H,3-4,7-8H2,1H3,(H,14,15). The van der Waals surface area contributed by atoms with Crippen LogP contribution in [0.25, 0.3) is 0 Å². The molecule has 0 saturated carbocycles. The Morgan fingerprint density at radius 3 is 3.29 bits per heavy atom. The zero-order valence-corrected chi connectivity index (χ0v) is 10.6. The van der Waals surface area contributed by atoms with Gasteiger partial charge in [0.25, 0.3) is 5.91 Å². The SMILES string of the molecule is CSc1ncccc1C(=O)NCC1CCCO1. The summed E-state index contributed by atoms with van der Waals surface area (Å²) in [5, 5.41) is 3.66. The number of nitrogens with one attached hydrogen (secondary N) is 1. The molecular weight excluding hydrogens is 236 g/mol. The van der Waals surface area contributed by atoms with E-state index < -0.39 is 0 Å². The molecule has 1 saturated heterocycles. The highest BCUT2D eigenvalue weighted by molar-refractivity contribution is 7.98. The first-order valence-corrected chi connectivity index (χ1v) is 6.92. The van der Waals surface area contributed by atoms with Crippen LogP contribution in [0.3, 0.4) is 0 Å². The molecule has 1 aromatic heterocycles. The van der Waals surface area contributed by atoms with Crippen LogP contribution in [0.1, 0.15) is 23.2 Å². The van der Waals surface area contributed by atoms with Gasteiger partial charge in [-0.05, 0) is 31.2 Å². The first-order chi connectivity index (χ1) is 8.31. The molecule has 0 aromatic carbocycles. The summed E-state index contributed by atoms with van der Waals surface area (Å²) < 4.78 is 5.46. The topological polar surface area (TPSA) is 51.2 Å². The summed E-state index contributed by atoms with van der Waals surface area (Å²) in [5.41, 5.74) is 0.637. The highest BCUT2D eigenvalue weighted by Gasteiger charge is 2.17. The van der Waals surface area contributed by atoms with Gasteiger partial charge in [0, 0.05) is 19.3 Å². The molecule has 1 aliphatic rings. The molecular formula is C12H16N2O2S. The van der Waals surface area contributed by atoms with E-state index in [9.17, 15) is 4.79 Å². The number of carbonyl (C=O) groups excluding carboxylic acids is 1. The maximum absolute atomic E-state index is 12.0. The lowest BCUT2D eigenvalue weighted by molar-refractivity contribution is 0.0855. The summed E-state index contributed by atoms with van der Waals surface area (Å²) in [7, 11) is 0. The molecule has 0 radical (unpaired) electrons. The molecule has 1 aliphatic heterocycles. The van der Waals surface area contributed by atoms with Gasteiger partial charge in [0.05, 0.1) is 11.7 Å². The highest BCUT2D eigenvalue weighted by atomic mass is 32.2. The Balaban J connectivity index is 1.94. The monoisotopic (exact) mass is 252 g/mol. The van der Waals surface area contributed by atoms with Gasteiger partial charge >= 0.3 is 0 Å². The Morgan fingerprint density at radius 2 is 2.59 bits per heavy atom. The van der Waals surface area contributed by atoms with Gasteiger partial charge in [-0.3, -0.25) is 4.79 Å². The normalized spacial score (nSPS) is 19.2. The van der Waals surface area contributed by atoms with Gasteiger partial charge < -0.3 is 10.1 Å². The first kappa shape index (κ1) is 12.4. The van der Waals surface area contributed by atoms with E-state index in [1.54, 1.807) is 18.3 Å². The number of hydrogen-bond donors (Lipinski definition) is 1. The number of pyridine rings is 1. The van der Waals surface area contributed by atoms with E-state index in [4.69, 9.17) is 4.74 Å². The second-order valence-corrected chi connectivity index (χ2v) is 4.70. The molecule has 2 rings (SSSR count). The minimum atomic E-state index is -0.0713. The number of aromatic nitrogens is 1. The van der Waals surface area contributed by atoms with Crippen molar-refractivity contribution in [1.82, 2.24) is 10.3 Å². The highest BCUT2D eigenvalue weighted by Crippen LogP contribution is 2.17. The smallest absolute Gasteiger partial charge is 0.254 e. The van der Waals surface area contributed by atoms with Crippen molar-refractivity contribution in [2.24, 2.45) is 0 Å². The number of thioether (sulfide) groups is 1. The average Bonchev–Trinajstić information content (AvgIpc) is 2.89. The van der Waals surface area contributed by atoms with Crippen molar-refractivity contribution in [1.29, 1.82) is 0 Å². The van der Waals surface area contributed by atoms with E-state index >= 15 is 0 Å². The molecule has 2 heterocycles. The molecule has 1 unspecified atom stereocenters. The van der Waals surface area contributed by atoms with E-state index in [1.807, 2.05) is 6.26 Å². The summed E-state index contributed by atoms with van der Waals surface area (Å²) in [6.45, 7) is 1.39. The summed E-state index contributed by atoms with van der Waals surface area (Å²) in [6.07, 6.45) is 5.90. The van der Waals surface area contributed by atoms with Crippen LogP contribution in [0.4, 0.5) is 0 Å². The van der Waals surface area contributed by atoms with Gasteiger partial charge in [-0.15, -0.1) is 11.8 Å². The van der Waals surface area contributed by atoms with Crippen molar-refractivity contribution in [3.63, 3.8) is 0 Å². The molecule has 4 nitrogen and oxygen atoms in total. The van der Waals surface area contributed by atoms with Crippen molar-refractivity contribution in [3.8, 4) is 0 Å². The van der Waals surface area contributed by atoms with Gasteiger partial charge in [-0.2, -0.15) is 0 Å². The fourth-order valence-electron chi connectivity index (χ4n) is 1.83. The van der Waals surface area contributed by atoms with Gasteiger partial charge in [0.1, 0.15) is 5.03 Å². The van der Waals surface area contributed by atoms with Crippen LogP contribution < -0.4 is 5.32 Å². The fourth-order valence-corrected chi connectivity index (χ4v) is 2.38. The van der Waals surface area contributed by atoms with E-state index in [0.29, 0.717) is 12.1 Å². The number of ether oxygens (including phenoxy) is 1. The van der Waals surface area contributed by atoms with Crippen molar-refractivity contribution >= 4 is 17.7 Å². The zero-order valence-electron chi connectivity index (χ0n) is 9.81. The Labute approximate surface area is 105 Å². The van der Waals surface area contributed by atoms with Gasteiger partial charge in [-0.25, -0.2) is 4.98 Å². The molecule has 0 bridgehead atoms. The van der Waals surface area contributed by atoms with Crippen LogP contribution in [0.5, 0.6) is 0 Å². The van der Waals surface area contributed by atoms with Crippen LogP contribution in [-0.4, -0.2) is 36.4 Å². The molecule has 5 heteroatoms. The molecule has 17 heavy (non-hydrogen) atoms. The molecule has 92 valence electrons. The second-order valence-electron chi connectivity index (χ2n) is 3.91. The van der Waals surface area contributed by atoms with E-state index in [0.717, 1.165) is 24.5 Å². The molecule has 1 aromatic rings. The quantitative estimate of drug-likeness (QED) is 0.829. The molecule has 0 aliphatic carbocycles. The lowest BCUT2D eigenvalue weighted by atomic mass is 10.2. The third-order valence-corrected chi connectivity index (χ3v) is 3.44. The third kappa shape index (κ3) is 3.20. The third-order valence-electron chi connectivity index (χ3n) is 2.72. The number of nitrogens with zero attached hydrogens (tertiary/aromatic N) is 1. The maximum Gasteiger partial charge on any atom is 0.254 e. The largest absolute Gasteiger partial charge is 0.376 e. The molecule has 0 spiro atoms. The number of carbonyl (C=O) groups is 1. The summed E-state index contributed by atoms with van der Waals surface area (Å²) >= 11 is 1.48. The summed E-state index contributed by atoms with van der Waals surface area (Å²) in [4.78, 5) is 16.1. The predicted octanol–water partition coefficient (Wildman–Crippen LogP) is 1.71. The van der Waals surface area contributed by atoms with Crippen LogP contribution >= 0.6 is 11.8 Å². The van der Waals surface area contributed by atoms with Gasteiger partial charge in [0.15, 0.2) is 0 Å². The van der Waals surface area contributed by atoms with E-state index in [2.05, 4.69) is 10.3 Å². The van der Waals surface area contributed by atoms with Crippen LogP contribution in [-0.2, 0) is 4.74 Å². The van der Waals surface area contributed by atoms with Crippen LogP contribution in [0.15, 0.2) is 23.4 Å². The Hall–Kier alpha value is -1.07. The van der Waals surface area contributed by atoms with E-state index in [1.165, 1.54) is 11.8 Å². The van der Waals surface area contributed by atoms with Crippen molar-refractivity contribution in [2.45, 2.75) is 24.0 Å². The van der Waals surface area contributed by atoms with Crippen molar-refractivity contribution in [2.75, 3.05) is 19.4 Å². The molecule has 1 fully saturated rings. The zero-order chi connectivity index (χ0) is 12.1. The maximum atomic E-state index is 12.0. The summed E-state index contributed by atoms with van der Waals surface area (Å²) in [5.74, 6) is -0.0713.